The fraction of sp³-hybridized carbons (Fsp3) is 0.167. The predicted octanol–water partition coefficient (Wildman–Crippen LogP) is 3.55. The minimum absolute atomic E-state index is 0.355. The molecule has 0 aliphatic heterocycles. The number of allylic oxidation sites excluding steroid dienone is 3. The molecule has 1 aliphatic carbocycles. The van der Waals surface area contributed by atoms with Crippen molar-refractivity contribution in [2.24, 2.45) is 0 Å². The second-order valence-corrected chi connectivity index (χ2v) is 3.65. The van der Waals surface area contributed by atoms with E-state index >= 15 is 0 Å². The first kappa shape index (κ1) is 8.76. The topological polar surface area (TPSA) is 0 Å². The number of benzene rings is 1. The molecule has 0 fully saturated rings. The molecule has 1 unspecified atom stereocenters. The lowest BCUT2D eigenvalue weighted by Crippen LogP contribution is -1.88. The Kier molecular flexibility index (Phi) is 2.65. The first-order valence-corrected chi connectivity index (χ1v) is 5.45. The number of rotatable bonds is 2. The van der Waals surface area contributed by atoms with Crippen molar-refractivity contribution >= 4 is 22.0 Å². The lowest BCUT2D eigenvalue weighted by molar-refractivity contribution is 1.08. The molecule has 0 heterocycles. The molecule has 0 aromatic heterocycles. The zero-order valence-corrected chi connectivity index (χ0v) is 8.79. The fourth-order valence-electron chi connectivity index (χ4n) is 1.54. The SMILES string of the molecule is BrC/C=C/C1[C]=Cc2ccccc21. The van der Waals surface area contributed by atoms with Gasteiger partial charge in [0.1, 0.15) is 0 Å². The lowest BCUT2D eigenvalue weighted by Gasteiger charge is -2.03. The van der Waals surface area contributed by atoms with Gasteiger partial charge in [0.05, 0.1) is 0 Å². The van der Waals surface area contributed by atoms with Gasteiger partial charge in [-0.05, 0) is 17.2 Å². The van der Waals surface area contributed by atoms with Gasteiger partial charge in [0.15, 0.2) is 0 Å². The van der Waals surface area contributed by atoms with Crippen molar-refractivity contribution in [3.8, 4) is 0 Å². The molecular formula is C12H10Br. The van der Waals surface area contributed by atoms with E-state index < -0.39 is 0 Å². The standard InChI is InChI=1S/C12H10Br/c13-9-3-5-11-8-7-10-4-1-2-6-12(10)11/h1-7,11H,9H2/b5-3+. The van der Waals surface area contributed by atoms with E-state index in [2.05, 4.69) is 64.5 Å². The van der Waals surface area contributed by atoms with Gasteiger partial charge in [-0.2, -0.15) is 0 Å². The molecule has 1 aromatic rings. The first-order valence-electron chi connectivity index (χ1n) is 4.32. The van der Waals surface area contributed by atoms with Crippen LogP contribution in [0.25, 0.3) is 6.08 Å². The quantitative estimate of drug-likeness (QED) is 0.542. The summed E-state index contributed by atoms with van der Waals surface area (Å²) in [5.41, 5.74) is 2.66. The predicted molar refractivity (Wildman–Crippen MR) is 59.8 cm³/mol. The summed E-state index contributed by atoms with van der Waals surface area (Å²) in [6.45, 7) is 0. The highest BCUT2D eigenvalue weighted by Gasteiger charge is 2.13. The Morgan fingerprint density at radius 2 is 2.23 bits per heavy atom. The molecule has 1 radical (unpaired) electrons. The molecule has 2 rings (SSSR count). The van der Waals surface area contributed by atoms with Crippen molar-refractivity contribution in [3.05, 3.63) is 53.6 Å². The largest absolute Gasteiger partial charge is 0.0883 e. The fourth-order valence-corrected chi connectivity index (χ4v) is 1.76. The van der Waals surface area contributed by atoms with Gasteiger partial charge in [-0.25, -0.2) is 0 Å². The van der Waals surface area contributed by atoms with Crippen molar-refractivity contribution in [2.45, 2.75) is 5.92 Å². The van der Waals surface area contributed by atoms with Gasteiger partial charge in [0, 0.05) is 11.2 Å². The van der Waals surface area contributed by atoms with Crippen molar-refractivity contribution < 1.29 is 0 Å². The average molecular weight is 234 g/mol. The van der Waals surface area contributed by atoms with Gasteiger partial charge < -0.3 is 0 Å². The maximum Gasteiger partial charge on any atom is 0.0279 e. The van der Waals surface area contributed by atoms with Gasteiger partial charge in [0.25, 0.3) is 0 Å². The third-order valence-corrected chi connectivity index (χ3v) is 2.54. The number of hydrogen-bond acceptors (Lipinski definition) is 0. The van der Waals surface area contributed by atoms with Crippen LogP contribution in [0.4, 0.5) is 0 Å². The Balaban J connectivity index is 2.28. The molecule has 0 bridgehead atoms. The molecule has 1 aromatic carbocycles. The second-order valence-electron chi connectivity index (χ2n) is 3.00. The lowest BCUT2D eigenvalue weighted by atomic mass is 10.0. The van der Waals surface area contributed by atoms with Crippen LogP contribution < -0.4 is 0 Å². The van der Waals surface area contributed by atoms with E-state index in [1.165, 1.54) is 11.1 Å². The van der Waals surface area contributed by atoms with Crippen LogP contribution in [0.5, 0.6) is 0 Å². The van der Waals surface area contributed by atoms with Gasteiger partial charge in [-0.3, -0.25) is 0 Å². The molecule has 1 aliphatic rings. The third-order valence-electron chi connectivity index (χ3n) is 2.17. The number of hydrogen-bond donors (Lipinski definition) is 0. The van der Waals surface area contributed by atoms with E-state index in [9.17, 15) is 0 Å². The summed E-state index contributed by atoms with van der Waals surface area (Å²) in [7, 11) is 0. The molecule has 0 saturated carbocycles. The van der Waals surface area contributed by atoms with Gasteiger partial charge in [-0.15, -0.1) is 0 Å². The van der Waals surface area contributed by atoms with Crippen LogP contribution >= 0.6 is 15.9 Å². The van der Waals surface area contributed by atoms with Crippen molar-refractivity contribution in [2.75, 3.05) is 5.33 Å². The van der Waals surface area contributed by atoms with Gasteiger partial charge in [-0.1, -0.05) is 58.4 Å². The summed E-state index contributed by atoms with van der Waals surface area (Å²) in [6, 6.07) is 8.43. The Bertz CT molecular complexity index is 350. The van der Waals surface area contributed by atoms with Crippen LogP contribution in [0.1, 0.15) is 17.0 Å². The minimum Gasteiger partial charge on any atom is -0.0883 e. The van der Waals surface area contributed by atoms with Gasteiger partial charge >= 0.3 is 0 Å². The molecule has 1 heteroatoms. The van der Waals surface area contributed by atoms with Crippen molar-refractivity contribution in [1.82, 2.24) is 0 Å². The molecule has 13 heavy (non-hydrogen) atoms. The van der Waals surface area contributed by atoms with Crippen LogP contribution in [0, 0.1) is 6.08 Å². The maximum absolute atomic E-state index is 3.37. The van der Waals surface area contributed by atoms with E-state index in [0.717, 1.165) is 5.33 Å². The van der Waals surface area contributed by atoms with Gasteiger partial charge in [0.2, 0.25) is 0 Å². The average Bonchev–Trinajstić information content (AvgIpc) is 2.58. The summed E-state index contributed by atoms with van der Waals surface area (Å²) < 4.78 is 0. The van der Waals surface area contributed by atoms with Crippen LogP contribution in [-0.2, 0) is 0 Å². The van der Waals surface area contributed by atoms with E-state index in [4.69, 9.17) is 0 Å². The molecular weight excluding hydrogens is 224 g/mol. The monoisotopic (exact) mass is 233 g/mol. The van der Waals surface area contributed by atoms with Crippen LogP contribution in [-0.4, -0.2) is 5.33 Å². The van der Waals surface area contributed by atoms with E-state index in [1.54, 1.807) is 0 Å². The van der Waals surface area contributed by atoms with Crippen LogP contribution in [0.3, 0.4) is 0 Å². The molecule has 0 spiro atoms. The van der Waals surface area contributed by atoms with E-state index in [-0.39, 0.29) is 0 Å². The number of halogens is 1. The molecule has 1 atom stereocenters. The summed E-state index contributed by atoms with van der Waals surface area (Å²) in [4.78, 5) is 0. The Labute approximate surface area is 87.1 Å². The first-order chi connectivity index (χ1) is 6.42. The summed E-state index contributed by atoms with van der Waals surface area (Å²) in [5, 5.41) is 0.910. The van der Waals surface area contributed by atoms with Crippen LogP contribution in [0.15, 0.2) is 36.4 Å². The minimum atomic E-state index is 0.355. The smallest absolute Gasteiger partial charge is 0.0279 e. The molecule has 0 amide bonds. The Hall–Kier alpha value is -0.820. The maximum atomic E-state index is 3.37. The second kappa shape index (κ2) is 3.93. The zero-order chi connectivity index (χ0) is 9.10. The number of alkyl halides is 1. The molecule has 0 nitrogen and oxygen atoms in total. The molecule has 0 saturated heterocycles. The highest BCUT2D eigenvalue weighted by Crippen LogP contribution is 2.29. The van der Waals surface area contributed by atoms with Crippen LogP contribution in [0.2, 0.25) is 0 Å². The summed E-state index contributed by atoms with van der Waals surface area (Å²) in [6.07, 6.45) is 9.69. The number of fused-ring (bicyclic) bond motifs is 1. The summed E-state index contributed by atoms with van der Waals surface area (Å²) in [5.74, 6) is 0.355. The third kappa shape index (κ3) is 1.75. The normalized spacial score (nSPS) is 19.6. The van der Waals surface area contributed by atoms with E-state index in [1.807, 2.05) is 0 Å². The van der Waals surface area contributed by atoms with E-state index in [0.29, 0.717) is 5.92 Å². The Morgan fingerprint density at radius 1 is 1.38 bits per heavy atom. The highest BCUT2D eigenvalue weighted by molar-refractivity contribution is 9.09. The van der Waals surface area contributed by atoms with Crippen molar-refractivity contribution in [3.63, 3.8) is 0 Å². The highest BCUT2D eigenvalue weighted by atomic mass is 79.9. The molecule has 65 valence electrons. The zero-order valence-electron chi connectivity index (χ0n) is 7.20. The van der Waals surface area contributed by atoms with Crippen molar-refractivity contribution in [1.29, 1.82) is 0 Å². The summed E-state index contributed by atoms with van der Waals surface area (Å²) >= 11 is 3.37. The Morgan fingerprint density at radius 3 is 3.08 bits per heavy atom. The molecule has 0 N–H and O–H groups in total.